The average molecular weight is 1420 g/mol. The number of carbonyl (C=O) groups excluding carboxylic acids is 2. The number of ketones is 2. The van der Waals surface area contributed by atoms with Gasteiger partial charge in [-0.05, 0) is 166 Å². The Morgan fingerprint density at radius 1 is 0.452 bits per heavy atom. The van der Waals surface area contributed by atoms with E-state index in [1.54, 1.807) is 6.92 Å². The van der Waals surface area contributed by atoms with E-state index in [1.165, 1.54) is 45.9 Å². The van der Waals surface area contributed by atoms with Gasteiger partial charge >= 0.3 is 24.6 Å². The average Bonchev–Trinajstić information content (AvgIpc) is 2.18. The molecule has 0 aromatic heterocycles. The van der Waals surface area contributed by atoms with Crippen LogP contribution in [0.3, 0.4) is 0 Å². The van der Waals surface area contributed by atoms with Gasteiger partial charge in [-0.1, -0.05) is 121 Å². The molecule has 0 bridgehead atoms. The fourth-order valence-corrected chi connectivity index (χ4v) is 7.96. The van der Waals surface area contributed by atoms with Crippen molar-refractivity contribution in [3.63, 3.8) is 0 Å². The summed E-state index contributed by atoms with van der Waals surface area (Å²) < 4.78 is 270. The van der Waals surface area contributed by atoms with E-state index < -0.39 is 82.4 Å². The summed E-state index contributed by atoms with van der Waals surface area (Å²) in [6.07, 6.45) is 0.453. The Labute approximate surface area is 544 Å². The maximum absolute atomic E-state index is 12.6. The molecule has 4 fully saturated rings. The van der Waals surface area contributed by atoms with Crippen molar-refractivity contribution < 1.29 is 111 Å². The summed E-state index contributed by atoms with van der Waals surface area (Å²) in [6.45, 7) is 19.6. The highest BCUT2D eigenvalue weighted by Gasteiger charge is 2.42. The highest BCUT2D eigenvalue weighted by Crippen LogP contribution is 2.43. The Morgan fingerprint density at radius 3 is 0.946 bits per heavy atom. The second-order valence-electron chi connectivity index (χ2n) is 24.5. The SMILES string of the molecule is CC(=O)C(C)(F)F.CC(C)(C)C(C)(F)F.CC(F)(F)C1CC1.CC(F)(F)C1CCC1.CC(F)(F)C1CCCC1.CC(F)(F)C1CCCCC1.CCC(C)=O.CCc1ccc(C(F)(F)F)cc1Cl.CCc1ccc(OC(F)(F)F)cc1Cl.Cc1ccc(C(F)(F)F)cc1F. The maximum atomic E-state index is 12.6. The number of Topliss-reactive ketones (excluding diaryl/α,β-unsaturated/α-hetero) is 2. The fourth-order valence-electron chi connectivity index (χ4n) is 7.34. The smallest absolute Gasteiger partial charge is 0.406 e. The highest BCUT2D eigenvalue weighted by molar-refractivity contribution is 6.31. The van der Waals surface area contributed by atoms with Crippen LogP contribution < -0.4 is 4.74 Å². The molecule has 3 nitrogen and oxygen atoms in total. The summed E-state index contributed by atoms with van der Waals surface area (Å²) in [5.41, 5.74) is -0.813. The van der Waals surface area contributed by atoms with Gasteiger partial charge in [0.25, 0.3) is 0 Å². The maximum Gasteiger partial charge on any atom is 0.573 e. The lowest BCUT2D eigenvalue weighted by atomic mass is 9.81. The molecule has 4 aliphatic carbocycles. The van der Waals surface area contributed by atoms with Crippen molar-refractivity contribution in [2.45, 2.75) is 267 Å². The first-order valence-corrected chi connectivity index (χ1v) is 30.9. The van der Waals surface area contributed by atoms with Crippen molar-refractivity contribution in [2.24, 2.45) is 29.1 Å². The zero-order valence-corrected chi connectivity index (χ0v) is 56.8. The van der Waals surface area contributed by atoms with Crippen LogP contribution >= 0.6 is 23.2 Å². The van der Waals surface area contributed by atoms with E-state index in [2.05, 4.69) is 4.74 Å². The highest BCUT2D eigenvalue weighted by atomic mass is 35.5. The van der Waals surface area contributed by atoms with Gasteiger partial charge in [0.05, 0.1) is 11.1 Å². The first-order chi connectivity index (χ1) is 41.7. The van der Waals surface area contributed by atoms with Crippen LogP contribution in [0.25, 0.3) is 0 Å². The van der Waals surface area contributed by atoms with E-state index in [0.29, 0.717) is 32.3 Å². The summed E-state index contributed by atoms with van der Waals surface area (Å²) in [7, 11) is 0. The molecule has 0 saturated heterocycles. The normalized spacial score (nSPS) is 15.8. The van der Waals surface area contributed by atoms with Gasteiger partial charge in [-0.2, -0.15) is 35.1 Å². The van der Waals surface area contributed by atoms with E-state index in [0.717, 1.165) is 173 Å². The molecule has 4 aliphatic rings. The second-order valence-corrected chi connectivity index (χ2v) is 25.3. The molecule has 0 N–H and O–H groups in total. The van der Waals surface area contributed by atoms with Crippen molar-refractivity contribution in [2.75, 3.05) is 0 Å². The molecule has 542 valence electrons. The van der Waals surface area contributed by atoms with Gasteiger partial charge in [-0.15, -0.1) is 13.2 Å². The third-order valence-corrected chi connectivity index (χ3v) is 15.5. The number of hydrogen-bond donors (Lipinski definition) is 0. The van der Waals surface area contributed by atoms with Crippen LogP contribution in [0.15, 0.2) is 54.6 Å². The van der Waals surface area contributed by atoms with E-state index >= 15 is 0 Å². The summed E-state index contributed by atoms with van der Waals surface area (Å²) in [5.74, 6) is -18.5. The van der Waals surface area contributed by atoms with Gasteiger partial charge < -0.3 is 9.53 Å². The van der Waals surface area contributed by atoms with Crippen LogP contribution in [0, 0.1) is 41.8 Å². The molecule has 0 unspecified atom stereocenters. The molecule has 0 spiro atoms. The Morgan fingerprint density at radius 2 is 0.742 bits per heavy atom. The second kappa shape index (κ2) is 40.5. The monoisotopic (exact) mass is 1420 g/mol. The van der Waals surface area contributed by atoms with Crippen LogP contribution in [0.4, 0.5) is 96.6 Å². The third kappa shape index (κ3) is 44.3. The molecule has 3 aromatic rings. The molecule has 7 rings (SSSR count). The number of hydrogen-bond acceptors (Lipinski definition) is 3. The van der Waals surface area contributed by atoms with Crippen LogP contribution in [0.2, 0.25) is 10.0 Å². The van der Waals surface area contributed by atoms with Crippen LogP contribution in [0.5, 0.6) is 5.75 Å². The molecule has 0 atom stereocenters. The Balaban J connectivity index is -0.000000980. The lowest BCUT2D eigenvalue weighted by molar-refractivity contribution is -0.274. The van der Waals surface area contributed by atoms with E-state index in [1.807, 2.05) is 20.8 Å². The van der Waals surface area contributed by atoms with Gasteiger partial charge in [-0.25, -0.2) is 48.3 Å². The van der Waals surface area contributed by atoms with Crippen molar-refractivity contribution in [3.8, 4) is 5.75 Å². The minimum Gasteiger partial charge on any atom is -0.406 e. The van der Waals surface area contributed by atoms with Crippen molar-refractivity contribution >= 4 is 34.8 Å². The fraction of sp³-hybridized carbons (Fsp3) is 0.697. The van der Waals surface area contributed by atoms with Gasteiger partial charge in [-0.3, -0.25) is 4.79 Å². The van der Waals surface area contributed by atoms with Crippen molar-refractivity contribution in [3.05, 3.63) is 98.3 Å². The number of carbonyl (C=O) groups is 2. The predicted octanol–water partition coefficient (Wildman–Crippen LogP) is 26.3. The van der Waals surface area contributed by atoms with Crippen molar-refractivity contribution in [1.29, 1.82) is 0 Å². The van der Waals surface area contributed by atoms with Gasteiger partial charge in [0.15, 0.2) is 5.78 Å². The molecule has 0 aliphatic heterocycles. The first kappa shape index (κ1) is 93.0. The number of alkyl halides is 21. The molecule has 0 radical (unpaired) electrons. The molecular weight excluding hydrogens is 1330 g/mol. The quantitative estimate of drug-likeness (QED) is 0.201. The largest absolute Gasteiger partial charge is 0.573 e. The predicted molar refractivity (Wildman–Crippen MR) is 323 cm³/mol. The number of ether oxygens (including phenoxy) is 1. The van der Waals surface area contributed by atoms with E-state index in [4.69, 9.17) is 23.2 Å². The first-order valence-electron chi connectivity index (χ1n) is 30.2. The minimum absolute atomic E-state index is 0.178. The van der Waals surface area contributed by atoms with E-state index in [9.17, 15) is 106 Å². The van der Waals surface area contributed by atoms with Crippen LogP contribution in [-0.4, -0.2) is 53.5 Å². The Bertz CT molecular complexity index is 2550. The van der Waals surface area contributed by atoms with Crippen LogP contribution in [0.1, 0.15) is 221 Å². The molecule has 27 heteroatoms. The minimum atomic E-state index is -4.67. The summed E-state index contributed by atoms with van der Waals surface area (Å²) in [5, 5.41) is 0.464. The Kier molecular flexibility index (Phi) is 40.5. The standard InChI is InChI=1S/C9H8ClF3O.C9H8ClF3.C8H6F4.C8H14F2.C7H12F2.C6H10F2.C6H12F2.C5H8F2.C4H6F2O.C4H8O/c1-2-6-3-4-7(5-8(6)10)14-9(11,12)13;1-2-6-3-4-7(5-8(6)10)9(11,12)13;1-5-2-3-6(4-7(5)9)8(10,11)12;1-8(9,10)7-5-3-2-4-6-7;1-7(8,9)6-4-2-3-5-6;1-6(7,8)5-3-2-4-5;1-5(2,3)6(4,7)8;1-5(6,7)4-2-3-4;1-3(7)4(2,5)6;1-3-4(2)5/h3-5H,2H2,1H3;3-5H,2H2,1H3;2-4H,1H3;7H,2-6H2,1H3;6H,2-5H2,1H3;5H,2-4H2,1H3;1-4H3;4H,2-3H2,1H3;1-2H3;3H2,1-2H3. The molecule has 4 saturated carbocycles. The molecule has 3 aromatic carbocycles. The lowest BCUT2D eigenvalue weighted by Crippen LogP contribution is -2.29. The number of benzene rings is 3. The topological polar surface area (TPSA) is 43.4 Å². The summed E-state index contributed by atoms with van der Waals surface area (Å²) in [6, 6.07) is 9.80. The number of halogens is 24. The molecule has 0 amide bonds. The molecular formula is C66H92Cl2F22O3. The van der Waals surface area contributed by atoms with Crippen LogP contribution in [-0.2, 0) is 34.8 Å². The van der Waals surface area contributed by atoms with Gasteiger partial charge in [0.2, 0.25) is 29.6 Å². The number of aryl methyl sites for hydroxylation is 3. The zero-order chi connectivity index (χ0) is 73.8. The molecule has 0 heterocycles. The van der Waals surface area contributed by atoms with Crippen molar-refractivity contribution in [1.82, 2.24) is 0 Å². The van der Waals surface area contributed by atoms with Gasteiger partial charge in [0, 0.05) is 59.4 Å². The zero-order valence-electron chi connectivity index (χ0n) is 55.3. The lowest BCUT2D eigenvalue weighted by Gasteiger charge is -2.30. The van der Waals surface area contributed by atoms with Gasteiger partial charge in [0.1, 0.15) is 17.3 Å². The Hall–Kier alpha value is -4.16. The van der Waals surface area contributed by atoms with E-state index in [-0.39, 0.29) is 50.8 Å². The summed E-state index contributed by atoms with van der Waals surface area (Å²) in [4.78, 5) is 19.5. The molecule has 93 heavy (non-hydrogen) atoms. The third-order valence-electron chi connectivity index (χ3n) is 14.8. The number of rotatable bonds is 9. The summed E-state index contributed by atoms with van der Waals surface area (Å²) >= 11 is 11.3.